The van der Waals surface area contributed by atoms with Gasteiger partial charge in [0.1, 0.15) is 17.3 Å². The second-order valence-electron chi connectivity index (χ2n) is 8.03. The number of ketones is 1. The highest BCUT2D eigenvalue weighted by Crippen LogP contribution is 2.44. The average molecular weight is 506 g/mol. The maximum absolute atomic E-state index is 13.2. The van der Waals surface area contributed by atoms with Gasteiger partial charge >= 0.3 is 0 Å². The van der Waals surface area contributed by atoms with E-state index in [2.05, 4.69) is 0 Å². The lowest BCUT2D eigenvalue weighted by Gasteiger charge is -2.26. The molecule has 1 aliphatic rings. The summed E-state index contributed by atoms with van der Waals surface area (Å²) in [5.41, 5.74) is 0.341. The number of nitrogens with zero attached hydrogens (tertiary/aromatic N) is 1. The third-order valence-electron chi connectivity index (χ3n) is 5.57. The fourth-order valence-corrected chi connectivity index (χ4v) is 4.14. The molecule has 2 aromatic rings. The number of rotatable bonds is 9. The summed E-state index contributed by atoms with van der Waals surface area (Å²) in [4.78, 5) is 27.6. The van der Waals surface area contributed by atoms with Crippen molar-refractivity contribution in [2.75, 3.05) is 34.5 Å². The second-order valence-corrected chi connectivity index (χ2v) is 8.44. The van der Waals surface area contributed by atoms with Gasteiger partial charge in [0.2, 0.25) is 0 Å². The number of aliphatic hydroxyl groups is 1. The zero-order chi connectivity index (χ0) is 25.9. The van der Waals surface area contributed by atoms with E-state index in [1.807, 2.05) is 13.8 Å². The van der Waals surface area contributed by atoms with Crippen LogP contribution < -0.4 is 14.2 Å². The number of carbonyl (C=O) groups excluding carboxylic acids is 2. The highest BCUT2D eigenvalue weighted by atomic mass is 35.5. The van der Waals surface area contributed by atoms with Crippen LogP contribution in [0.5, 0.6) is 23.0 Å². The minimum Gasteiger partial charge on any atom is -0.507 e. The van der Waals surface area contributed by atoms with Gasteiger partial charge in [-0.3, -0.25) is 9.59 Å². The first kappa shape index (κ1) is 26.2. The van der Waals surface area contributed by atoms with Gasteiger partial charge in [-0.05, 0) is 37.6 Å². The molecule has 3 rings (SSSR count). The van der Waals surface area contributed by atoms with Crippen LogP contribution in [-0.2, 0) is 14.3 Å². The SMILES string of the molecule is COc1ccc(C2/C(=C(\O)c3cc(OC)c(Cl)cc3OC)C(=O)C(=O)N2CCOC(C)C)cc1O. The normalized spacial score (nSPS) is 17.2. The number of hydrogen-bond acceptors (Lipinski definition) is 8. The second kappa shape index (κ2) is 10.9. The van der Waals surface area contributed by atoms with Gasteiger partial charge in [-0.25, -0.2) is 0 Å². The molecule has 0 bridgehead atoms. The topological polar surface area (TPSA) is 115 Å². The molecule has 0 aromatic heterocycles. The number of methoxy groups -OCH3 is 3. The molecule has 1 heterocycles. The van der Waals surface area contributed by atoms with Crippen molar-refractivity contribution in [3.8, 4) is 23.0 Å². The summed E-state index contributed by atoms with van der Waals surface area (Å²) >= 11 is 6.19. The number of benzene rings is 2. The number of phenols is 1. The van der Waals surface area contributed by atoms with Gasteiger partial charge in [-0.2, -0.15) is 0 Å². The van der Waals surface area contributed by atoms with E-state index in [0.29, 0.717) is 5.56 Å². The Labute approximate surface area is 208 Å². The van der Waals surface area contributed by atoms with Crippen molar-refractivity contribution in [2.24, 2.45) is 0 Å². The Balaban J connectivity index is 2.22. The zero-order valence-corrected chi connectivity index (χ0v) is 20.9. The van der Waals surface area contributed by atoms with Gasteiger partial charge in [0.05, 0.1) is 56.2 Å². The van der Waals surface area contributed by atoms with E-state index in [-0.39, 0.29) is 58.4 Å². The van der Waals surface area contributed by atoms with E-state index >= 15 is 0 Å². The smallest absolute Gasteiger partial charge is 0.295 e. The van der Waals surface area contributed by atoms with E-state index in [4.69, 9.17) is 30.5 Å². The van der Waals surface area contributed by atoms with Crippen molar-refractivity contribution in [3.05, 3.63) is 52.1 Å². The molecule has 1 fully saturated rings. The Morgan fingerprint density at radius 3 is 2.26 bits per heavy atom. The number of phenolic OH excluding ortho intramolecular Hbond substituents is 1. The molecule has 9 nitrogen and oxygen atoms in total. The van der Waals surface area contributed by atoms with Crippen molar-refractivity contribution < 1.29 is 38.7 Å². The Morgan fingerprint density at radius 2 is 1.69 bits per heavy atom. The minimum atomic E-state index is -1.01. The molecule has 1 amide bonds. The van der Waals surface area contributed by atoms with Crippen LogP contribution in [0.4, 0.5) is 0 Å². The molecule has 0 spiro atoms. The highest BCUT2D eigenvalue weighted by Gasteiger charge is 2.46. The van der Waals surface area contributed by atoms with Gasteiger partial charge in [0.15, 0.2) is 11.5 Å². The number of likely N-dealkylation sites (tertiary alicyclic amines) is 1. The first-order chi connectivity index (χ1) is 16.6. The van der Waals surface area contributed by atoms with Crippen molar-refractivity contribution in [1.29, 1.82) is 0 Å². The van der Waals surface area contributed by atoms with Crippen LogP contribution in [0.1, 0.15) is 31.0 Å². The van der Waals surface area contributed by atoms with E-state index in [0.717, 1.165) is 0 Å². The summed E-state index contributed by atoms with van der Waals surface area (Å²) in [7, 11) is 4.20. The predicted octanol–water partition coefficient (Wildman–Crippen LogP) is 3.92. The van der Waals surface area contributed by atoms with Crippen LogP contribution in [-0.4, -0.2) is 67.4 Å². The standard InChI is InChI=1S/C25H28ClNO8/c1-13(2)35-9-8-27-22(14-6-7-18(32-3)17(28)10-14)21(24(30)25(27)31)23(29)15-11-20(34-5)16(26)12-19(15)33-4/h6-7,10-13,22,28-29H,8-9H2,1-5H3/b23-21+. The number of aliphatic hydroxyl groups excluding tert-OH is 1. The maximum Gasteiger partial charge on any atom is 0.295 e. The molecule has 2 aromatic carbocycles. The summed E-state index contributed by atoms with van der Waals surface area (Å²) in [6.45, 7) is 3.96. The van der Waals surface area contributed by atoms with Crippen molar-refractivity contribution in [3.63, 3.8) is 0 Å². The molecule has 1 unspecified atom stereocenters. The summed E-state index contributed by atoms with van der Waals surface area (Å²) in [5, 5.41) is 22.0. The van der Waals surface area contributed by atoms with Gasteiger partial charge in [-0.15, -0.1) is 0 Å². The summed E-state index contributed by atoms with van der Waals surface area (Å²) < 4.78 is 21.3. The molecule has 1 atom stereocenters. The zero-order valence-electron chi connectivity index (χ0n) is 20.1. The van der Waals surface area contributed by atoms with E-state index in [9.17, 15) is 19.8 Å². The molecule has 1 saturated heterocycles. The number of Topliss-reactive ketones (excluding diaryl/α,β-unsaturated/α-hetero) is 1. The predicted molar refractivity (Wildman–Crippen MR) is 129 cm³/mol. The fraction of sp³-hybridized carbons (Fsp3) is 0.360. The van der Waals surface area contributed by atoms with E-state index < -0.39 is 23.5 Å². The van der Waals surface area contributed by atoms with Crippen LogP contribution in [0.25, 0.3) is 5.76 Å². The molecule has 188 valence electrons. The van der Waals surface area contributed by atoms with Crippen LogP contribution in [0.15, 0.2) is 35.9 Å². The Kier molecular flexibility index (Phi) is 8.14. The molecular formula is C25H28ClNO8. The lowest BCUT2D eigenvalue weighted by Crippen LogP contribution is -2.33. The van der Waals surface area contributed by atoms with Crippen LogP contribution in [0.2, 0.25) is 5.02 Å². The first-order valence-electron chi connectivity index (χ1n) is 10.8. The van der Waals surface area contributed by atoms with Gasteiger partial charge in [0.25, 0.3) is 11.7 Å². The lowest BCUT2D eigenvalue weighted by atomic mass is 9.94. The number of aromatic hydroxyl groups is 1. The largest absolute Gasteiger partial charge is 0.507 e. The number of halogens is 1. The molecular weight excluding hydrogens is 478 g/mol. The fourth-order valence-electron chi connectivity index (χ4n) is 3.91. The molecule has 35 heavy (non-hydrogen) atoms. The number of carbonyl (C=O) groups is 2. The van der Waals surface area contributed by atoms with E-state index in [1.165, 1.54) is 50.5 Å². The Hall–Kier alpha value is -3.43. The van der Waals surface area contributed by atoms with Gasteiger partial charge < -0.3 is 34.1 Å². The van der Waals surface area contributed by atoms with E-state index in [1.54, 1.807) is 6.07 Å². The highest BCUT2D eigenvalue weighted by molar-refractivity contribution is 6.46. The first-order valence-corrected chi connectivity index (χ1v) is 11.2. The van der Waals surface area contributed by atoms with Crippen molar-refractivity contribution in [2.45, 2.75) is 26.0 Å². The average Bonchev–Trinajstić information content (AvgIpc) is 3.08. The number of ether oxygens (including phenoxy) is 4. The minimum absolute atomic E-state index is 0.0814. The number of amides is 1. The molecule has 0 saturated carbocycles. The summed E-state index contributed by atoms with van der Waals surface area (Å²) in [5.74, 6) is -1.70. The molecule has 0 aliphatic carbocycles. The molecule has 2 N–H and O–H groups in total. The third kappa shape index (κ3) is 5.16. The quantitative estimate of drug-likeness (QED) is 0.299. The van der Waals surface area contributed by atoms with Gasteiger partial charge in [-0.1, -0.05) is 17.7 Å². The molecule has 10 heteroatoms. The van der Waals surface area contributed by atoms with Gasteiger partial charge in [0, 0.05) is 12.6 Å². The Bertz CT molecular complexity index is 1160. The lowest BCUT2D eigenvalue weighted by molar-refractivity contribution is -0.140. The molecule has 0 radical (unpaired) electrons. The van der Waals surface area contributed by atoms with Crippen molar-refractivity contribution in [1.82, 2.24) is 4.90 Å². The summed E-state index contributed by atoms with van der Waals surface area (Å²) in [6, 6.07) is 6.37. The van der Waals surface area contributed by atoms with Crippen LogP contribution in [0.3, 0.4) is 0 Å². The molecule has 1 aliphatic heterocycles. The maximum atomic E-state index is 13.2. The van der Waals surface area contributed by atoms with Crippen molar-refractivity contribution >= 4 is 29.1 Å². The summed E-state index contributed by atoms with van der Waals surface area (Å²) in [6.07, 6.45) is -0.0823. The van der Waals surface area contributed by atoms with Crippen LogP contribution >= 0.6 is 11.6 Å². The third-order valence-corrected chi connectivity index (χ3v) is 5.87. The number of hydrogen-bond donors (Lipinski definition) is 2. The van der Waals surface area contributed by atoms with Crippen LogP contribution in [0, 0.1) is 0 Å². The monoisotopic (exact) mass is 505 g/mol. The Morgan fingerprint density at radius 1 is 1.03 bits per heavy atom.